The van der Waals surface area contributed by atoms with Crippen LogP contribution in [-0.2, 0) is 17.9 Å². The molecule has 1 unspecified atom stereocenters. The van der Waals surface area contributed by atoms with Crippen LogP contribution in [0.1, 0.15) is 28.9 Å². The van der Waals surface area contributed by atoms with Gasteiger partial charge in [0.1, 0.15) is 5.82 Å². The molecule has 0 spiro atoms. The Balaban J connectivity index is 1.78. The Morgan fingerprint density at radius 1 is 1.38 bits per heavy atom. The first-order valence-corrected chi connectivity index (χ1v) is 6.97. The summed E-state index contributed by atoms with van der Waals surface area (Å²) in [6, 6.07) is 3.41. The highest BCUT2D eigenvalue weighted by Gasteiger charge is 2.28. The minimum Gasteiger partial charge on any atom is -0.378 e. The van der Waals surface area contributed by atoms with Crippen molar-refractivity contribution < 1.29 is 9.90 Å². The van der Waals surface area contributed by atoms with Gasteiger partial charge < -0.3 is 14.6 Å². The van der Waals surface area contributed by atoms with Crippen molar-refractivity contribution >= 4 is 5.91 Å². The molecule has 0 radical (unpaired) electrons. The van der Waals surface area contributed by atoms with Gasteiger partial charge in [-0.1, -0.05) is 6.07 Å². The van der Waals surface area contributed by atoms with E-state index in [-0.39, 0.29) is 5.91 Å². The summed E-state index contributed by atoms with van der Waals surface area (Å²) in [5, 5.41) is 10.2. The molecule has 6 nitrogen and oxygen atoms in total. The molecule has 0 saturated heterocycles. The molecular formula is C15H18N4O2. The van der Waals surface area contributed by atoms with E-state index in [1.165, 1.54) is 6.20 Å². The smallest absolute Gasteiger partial charge is 0.256 e. The standard InChI is InChI=1S/C15H18N4O2/c1-10-11(2)19-7-6-18(9-13(19)17-10)15(21)14(20)12-4-3-5-16-8-12/h3-5,8,14,20H,6-7,9H2,1-2H3. The average Bonchev–Trinajstić information content (AvgIpc) is 2.81. The van der Waals surface area contributed by atoms with Crippen molar-refractivity contribution in [1.82, 2.24) is 19.4 Å². The second-order valence-corrected chi connectivity index (χ2v) is 5.30. The first-order valence-electron chi connectivity index (χ1n) is 6.97. The van der Waals surface area contributed by atoms with Gasteiger partial charge in [-0.3, -0.25) is 9.78 Å². The number of amides is 1. The van der Waals surface area contributed by atoms with E-state index < -0.39 is 6.10 Å². The number of imidazole rings is 1. The molecule has 1 aliphatic rings. The zero-order chi connectivity index (χ0) is 15.0. The molecule has 21 heavy (non-hydrogen) atoms. The molecule has 110 valence electrons. The van der Waals surface area contributed by atoms with Gasteiger partial charge in [0.2, 0.25) is 0 Å². The second kappa shape index (κ2) is 5.29. The van der Waals surface area contributed by atoms with Crippen LogP contribution >= 0.6 is 0 Å². The molecule has 1 amide bonds. The van der Waals surface area contributed by atoms with Crippen molar-refractivity contribution in [3.63, 3.8) is 0 Å². The number of pyridine rings is 1. The third-order valence-electron chi connectivity index (χ3n) is 4.01. The van der Waals surface area contributed by atoms with E-state index in [1.54, 1.807) is 23.2 Å². The maximum Gasteiger partial charge on any atom is 0.256 e. The zero-order valence-electron chi connectivity index (χ0n) is 12.2. The summed E-state index contributed by atoms with van der Waals surface area (Å²) in [6.07, 6.45) is 1.97. The topological polar surface area (TPSA) is 71.2 Å². The molecule has 1 N–H and O–H groups in total. The molecule has 2 aromatic rings. The van der Waals surface area contributed by atoms with Gasteiger partial charge in [-0.05, 0) is 19.9 Å². The van der Waals surface area contributed by atoms with Crippen LogP contribution in [0.4, 0.5) is 0 Å². The average molecular weight is 286 g/mol. The van der Waals surface area contributed by atoms with Gasteiger partial charge in [0.05, 0.1) is 12.2 Å². The van der Waals surface area contributed by atoms with Crippen LogP contribution in [0.5, 0.6) is 0 Å². The molecule has 3 heterocycles. The van der Waals surface area contributed by atoms with Crippen LogP contribution < -0.4 is 0 Å². The second-order valence-electron chi connectivity index (χ2n) is 5.30. The van der Waals surface area contributed by atoms with Gasteiger partial charge in [0.15, 0.2) is 6.10 Å². The largest absolute Gasteiger partial charge is 0.378 e. The van der Waals surface area contributed by atoms with Crippen LogP contribution in [-0.4, -0.2) is 37.0 Å². The lowest BCUT2D eigenvalue weighted by Crippen LogP contribution is -2.41. The minimum atomic E-state index is -1.16. The zero-order valence-corrected chi connectivity index (χ0v) is 12.2. The number of carbonyl (C=O) groups is 1. The van der Waals surface area contributed by atoms with Crippen LogP contribution in [0, 0.1) is 13.8 Å². The molecule has 1 aliphatic heterocycles. The van der Waals surface area contributed by atoms with Crippen molar-refractivity contribution in [1.29, 1.82) is 0 Å². The summed E-state index contributed by atoms with van der Waals surface area (Å²) in [5.41, 5.74) is 2.65. The fourth-order valence-corrected chi connectivity index (χ4v) is 2.65. The predicted molar refractivity (Wildman–Crippen MR) is 76.3 cm³/mol. The molecule has 0 saturated carbocycles. The number of hydrogen-bond acceptors (Lipinski definition) is 4. The number of nitrogens with zero attached hydrogens (tertiary/aromatic N) is 4. The van der Waals surface area contributed by atoms with Gasteiger partial charge in [-0.25, -0.2) is 4.98 Å². The normalized spacial score (nSPS) is 15.7. The molecule has 6 heteroatoms. The van der Waals surface area contributed by atoms with Crippen molar-refractivity contribution in [2.75, 3.05) is 6.54 Å². The third-order valence-corrected chi connectivity index (χ3v) is 4.01. The lowest BCUT2D eigenvalue weighted by molar-refractivity contribution is -0.142. The number of aliphatic hydroxyl groups excluding tert-OH is 1. The van der Waals surface area contributed by atoms with Gasteiger partial charge in [0.25, 0.3) is 5.91 Å². The predicted octanol–water partition coefficient (Wildman–Crippen LogP) is 0.971. The van der Waals surface area contributed by atoms with E-state index in [1.807, 2.05) is 13.8 Å². The summed E-state index contributed by atoms with van der Waals surface area (Å²) < 4.78 is 2.13. The molecule has 0 aromatic carbocycles. The van der Waals surface area contributed by atoms with E-state index in [0.717, 1.165) is 17.2 Å². The van der Waals surface area contributed by atoms with Crippen LogP contribution in [0.15, 0.2) is 24.5 Å². The first-order chi connectivity index (χ1) is 10.1. The van der Waals surface area contributed by atoms with E-state index in [4.69, 9.17) is 0 Å². The molecule has 0 bridgehead atoms. The van der Waals surface area contributed by atoms with Crippen LogP contribution in [0.3, 0.4) is 0 Å². The van der Waals surface area contributed by atoms with E-state index in [9.17, 15) is 9.90 Å². The van der Waals surface area contributed by atoms with Crippen molar-refractivity contribution in [2.24, 2.45) is 0 Å². The van der Waals surface area contributed by atoms with Gasteiger partial charge in [-0.15, -0.1) is 0 Å². The Bertz CT molecular complexity index is 666. The number of fused-ring (bicyclic) bond motifs is 1. The molecular weight excluding hydrogens is 268 g/mol. The first kappa shape index (κ1) is 13.8. The molecule has 1 atom stereocenters. The number of carbonyl (C=O) groups excluding carboxylic acids is 1. The number of aryl methyl sites for hydroxylation is 1. The summed E-state index contributed by atoms with van der Waals surface area (Å²) in [7, 11) is 0. The van der Waals surface area contributed by atoms with Gasteiger partial charge in [-0.2, -0.15) is 0 Å². The van der Waals surface area contributed by atoms with Crippen LogP contribution in [0.25, 0.3) is 0 Å². The summed E-state index contributed by atoms with van der Waals surface area (Å²) in [6.45, 7) is 5.74. The SMILES string of the molecule is Cc1nc2n(c1C)CCN(C(=O)C(O)c1cccnc1)C2. The molecule has 0 aliphatic carbocycles. The quantitative estimate of drug-likeness (QED) is 0.893. The third kappa shape index (κ3) is 2.42. The van der Waals surface area contributed by atoms with Gasteiger partial charge in [0, 0.05) is 36.7 Å². The summed E-state index contributed by atoms with van der Waals surface area (Å²) in [4.78, 5) is 22.5. The number of aliphatic hydroxyl groups is 1. The number of hydrogen-bond donors (Lipinski definition) is 1. The summed E-state index contributed by atoms with van der Waals surface area (Å²) in [5.74, 6) is 0.579. The van der Waals surface area contributed by atoms with E-state index >= 15 is 0 Å². The van der Waals surface area contributed by atoms with Crippen molar-refractivity contribution in [2.45, 2.75) is 33.0 Å². The number of rotatable bonds is 2. The Morgan fingerprint density at radius 2 is 2.19 bits per heavy atom. The Hall–Kier alpha value is -2.21. The van der Waals surface area contributed by atoms with Crippen molar-refractivity contribution in [3.8, 4) is 0 Å². The maximum absolute atomic E-state index is 12.4. The Labute approximate surface area is 123 Å². The monoisotopic (exact) mass is 286 g/mol. The molecule has 3 rings (SSSR count). The van der Waals surface area contributed by atoms with Crippen LogP contribution in [0.2, 0.25) is 0 Å². The fraction of sp³-hybridized carbons (Fsp3) is 0.400. The van der Waals surface area contributed by atoms with E-state index in [0.29, 0.717) is 25.2 Å². The highest BCUT2D eigenvalue weighted by Crippen LogP contribution is 2.21. The number of aromatic nitrogens is 3. The van der Waals surface area contributed by atoms with E-state index in [2.05, 4.69) is 14.5 Å². The highest BCUT2D eigenvalue weighted by atomic mass is 16.3. The maximum atomic E-state index is 12.4. The molecule has 2 aromatic heterocycles. The lowest BCUT2D eigenvalue weighted by Gasteiger charge is -2.30. The Morgan fingerprint density at radius 3 is 2.90 bits per heavy atom. The highest BCUT2D eigenvalue weighted by molar-refractivity contribution is 5.82. The Kier molecular flexibility index (Phi) is 3.47. The summed E-state index contributed by atoms with van der Waals surface area (Å²) >= 11 is 0. The van der Waals surface area contributed by atoms with Gasteiger partial charge >= 0.3 is 0 Å². The molecule has 0 fully saturated rings. The fourth-order valence-electron chi connectivity index (χ4n) is 2.65. The van der Waals surface area contributed by atoms with Crippen molar-refractivity contribution in [3.05, 3.63) is 47.3 Å². The lowest BCUT2D eigenvalue weighted by atomic mass is 10.1. The minimum absolute atomic E-state index is 0.299.